The number of nitrogens with one attached hydrogen (secondary N) is 2. The number of carbonyl (C=O) groups excluding carboxylic acids is 1. The van der Waals surface area contributed by atoms with Crippen LogP contribution in [0.1, 0.15) is 23.8 Å². The molecular weight excluding hydrogens is 323 g/mol. The Bertz CT molecular complexity index is 662. The van der Waals surface area contributed by atoms with E-state index in [4.69, 9.17) is 11.6 Å². The minimum Gasteiger partial charge on any atom is -0.321 e. The molecule has 6 heteroatoms. The van der Waals surface area contributed by atoms with Crippen LogP contribution in [-0.4, -0.2) is 19.0 Å². The van der Waals surface area contributed by atoms with Crippen LogP contribution in [0.3, 0.4) is 0 Å². The summed E-state index contributed by atoms with van der Waals surface area (Å²) >= 11 is 7.48. The summed E-state index contributed by atoms with van der Waals surface area (Å²) in [6.07, 6.45) is 2.25. The average Bonchev–Trinajstić information content (AvgIpc) is 3.13. The second-order valence-corrected chi connectivity index (χ2v) is 6.86. The van der Waals surface area contributed by atoms with Crippen molar-refractivity contribution in [3.05, 3.63) is 51.4 Å². The monoisotopic (exact) mass is 339 g/mol. The van der Waals surface area contributed by atoms with Crippen LogP contribution < -0.4 is 10.2 Å². The van der Waals surface area contributed by atoms with Crippen molar-refractivity contribution in [1.29, 1.82) is 0 Å². The van der Waals surface area contributed by atoms with E-state index < -0.39 is 5.82 Å². The first-order valence-electron chi connectivity index (χ1n) is 7.26. The van der Waals surface area contributed by atoms with Crippen LogP contribution in [0.2, 0.25) is 5.02 Å². The highest BCUT2D eigenvalue weighted by Crippen LogP contribution is 2.23. The molecule has 2 atom stereocenters. The van der Waals surface area contributed by atoms with Crippen LogP contribution in [0.25, 0.3) is 0 Å². The van der Waals surface area contributed by atoms with Gasteiger partial charge in [-0.2, -0.15) is 0 Å². The molecule has 1 aromatic carbocycles. The number of anilines is 1. The molecule has 2 N–H and O–H groups in total. The van der Waals surface area contributed by atoms with Crippen LogP contribution in [0.15, 0.2) is 35.7 Å². The summed E-state index contributed by atoms with van der Waals surface area (Å²) in [6, 6.07) is 8.81. The van der Waals surface area contributed by atoms with E-state index in [1.807, 2.05) is 0 Å². The average molecular weight is 340 g/mol. The molecule has 0 aliphatic carbocycles. The third-order valence-electron chi connectivity index (χ3n) is 3.96. The Balaban J connectivity index is 1.62. The number of hydrogen-bond acceptors (Lipinski definition) is 2. The van der Waals surface area contributed by atoms with Gasteiger partial charge in [0.15, 0.2) is 6.54 Å². The summed E-state index contributed by atoms with van der Waals surface area (Å²) in [7, 11) is 0. The van der Waals surface area contributed by atoms with Crippen LogP contribution in [0, 0.1) is 5.82 Å². The lowest BCUT2D eigenvalue weighted by Crippen LogP contribution is -3.11. The predicted octanol–water partition coefficient (Wildman–Crippen LogP) is 2.90. The highest BCUT2D eigenvalue weighted by molar-refractivity contribution is 7.10. The van der Waals surface area contributed by atoms with Crippen molar-refractivity contribution in [2.24, 2.45) is 0 Å². The summed E-state index contributed by atoms with van der Waals surface area (Å²) in [4.78, 5) is 14.8. The highest BCUT2D eigenvalue weighted by Gasteiger charge is 2.32. The number of quaternary nitrogens is 1. The standard InChI is InChI=1S/C16H16ClFN2OS/c17-12-9-11(5-6-13(12)18)19-16(21)10-20-7-1-3-14(20)15-4-2-8-22-15/h2,4-6,8-9,14H,1,3,7,10H2,(H,19,21)/p+1/t14-/m0/s1. The zero-order valence-corrected chi connectivity index (χ0v) is 13.5. The first kappa shape index (κ1) is 15.5. The molecule has 1 aliphatic heterocycles. The third kappa shape index (κ3) is 3.48. The second-order valence-electron chi connectivity index (χ2n) is 5.47. The van der Waals surface area contributed by atoms with Gasteiger partial charge in [-0.15, -0.1) is 11.3 Å². The van der Waals surface area contributed by atoms with Crippen LogP contribution in [-0.2, 0) is 4.79 Å². The summed E-state index contributed by atoms with van der Waals surface area (Å²) < 4.78 is 13.1. The van der Waals surface area contributed by atoms with Crippen molar-refractivity contribution >= 4 is 34.5 Å². The normalized spacial score (nSPS) is 21.0. The molecule has 2 aromatic rings. The Morgan fingerprint density at radius 2 is 2.32 bits per heavy atom. The summed E-state index contributed by atoms with van der Waals surface area (Å²) in [5.41, 5.74) is 0.530. The quantitative estimate of drug-likeness (QED) is 0.882. The number of rotatable bonds is 4. The molecule has 1 aliphatic rings. The number of amides is 1. The van der Waals surface area contributed by atoms with Crippen molar-refractivity contribution in [2.45, 2.75) is 18.9 Å². The molecule has 3 nitrogen and oxygen atoms in total. The van der Waals surface area contributed by atoms with Gasteiger partial charge in [-0.1, -0.05) is 17.7 Å². The Kier molecular flexibility index (Phi) is 4.76. The van der Waals surface area contributed by atoms with Crippen LogP contribution >= 0.6 is 22.9 Å². The summed E-state index contributed by atoms with van der Waals surface area (Å²) in [5, 5.41) is 4.89. The van der Waals surface area contributed by atoms with Gasteiger partial charge in [-0.3, -0.25) is 4.79 Å². The fourth-order valence-electron chi connectivity index (χ4n) is 2.94. The Morgan fingerprint density at radius 1 is 1.45 bits per heavy atom. The topological polar surface area (TPSA) is 33.5 Å². The largest absolute Gasteiger partial charge is 0.321 e. The molecule has 0 spiro atoms. The molecule has 2 heterocycles. The maximum atomic E-state index is 13.1. The minimum atomic E-state index is -0.484. The van der Waals surface area contributed by atoms with Gasteiger partial charge in [0, 0.05) is 18.5 Å². The van der Waals surface area contributed by atoms with Gasteiger partial charge in [-0.05, 0) is 29.6 Å². The van der Waals surface area contributed by atoms with Gasteiger partial charge in [0.05, 0.1) is 16.4 Å². The SMILES string of the molecule is O=C(C[NH+]1CCC[C@H]1c1cccs1)Nc1ccc(F)c(Cl)c1. The molecule has 0 saturated carbocycles. The van der Waals surface area contributed by atoms with Crippen LogP contribution in [0.5, 0.6) is 0 Å². The molecule has 1 aromatic heterocycles. The highest BCUT2D eigenvalue weighted by atomic mass is 35.5. The van der Waals surface area contributed by atoms with Gasteiger partial charge in [0.1, 0.15) is 11.9 Å². The van der Waals surface area contributed by atoms with Crippen LogP contribution in [0.4, 0.5) is 10.1 Å². The summed E-state index contributed by atoms with van der Waals surface area (Å²) in [5.74, 6) is -0.552. The predicted molar refractivity (Wildman–Crippen MR) is 87.0 cm³/mol. The lowest BCUT2D eigenvalue weighted by atomic mass is 10.2. The zero-order chi connectivity index (χ0) is 15.5. The smallest absolute Gasteiger partial charge is 0.279 e. The van der Waals surface area contributed by atoms with Crippen molar-refractivity contribution in [3.63, 3.8) is 0 Å². The molecule has 1 fully saturated rings. The number of benzene rings is 1. The second kappa shape index (κ2) is 6.77. The maximum Gasteiger partial charge on any atom is 0.279 e. The Morgan fingerprint density at radius 3 is 3.05 bits per heavy atom. The van der Waals surface area contributed by atoms with Crippen molar-refractivity contribution < 1.29 is 14.1 Å². The third-order valence-corrected chi connectivity index (χ3v) is 5.24. The van der Waals surface area contributed by atoms with Gasteiger partial charge in [0.2, 0.25) is 0 Å². The fourth-order valence-corrected chi connectivity index (χ4v) is 4.04. The molecular formula is C16H17ClFN2OS+. The molecule has 1 amide bonds. The number of halogens is 2. The minimum absolute atomic E-state index is 0.0165. The zero-order valence-electron chi connectivity index (χ0n) is 11.9. The van der Waals surface area contributed by atoms with Crippen molar-refractivity contribution in [1.82, 2.24) is 0 Å². The van der Waals surface area contributed by atoms with E-state index in [2.05, 4.69) is 22.8 Å². The molecule has 0 radical (unpaired) electrons. The maximum absolute atomic E-state index is 13.1. The van der Waals surface area contributed by atoms with E-state index in [1.54, 1.807) is 11.3 Å². The number of likely N-dealkylation sites (tertiary alicyclic amines) is 1. The van der Waals surface area contributed by atoms with Crippen molar-refractivity contribution in [2.75, 3.05) is 18.4 Å². The van der Waals surface area contributed by atoms with E-state index >= 15 is 0 Å². The number of thiophene rings is 1. The van der Waals surface area contributed by atoms with Gasteiger partial charge < -0.3 is 10.2 Å². The Hall–Kier alpha value is -1.43. The lowest BCUT2D eigenvalue weighted by molar-refractivity contribution is -0.910. The molecule has 3 rings (SSSR count). The first-order valence-corrected chi connectivity index (χ1v) is 8.52. The number of carbonyl (C=O) groups is 1. The molecule has 116 valence electrons. The molecule has 22 heavy (non-hydrogen) atoms. The van der Waals surface area contributed by atoms with Gasteiger partial charge in [0.25, 0.3) is 5.91 Å². The summed E-state index contributed by atoms with van der Waals surface area (Å²) in [6.45, 7) is 1.41. The molecule has 1 saturated heterocycles. The van der Waals surface area contributed by atoms with E-state index in [1.165, 1.54) is 28.0 Å². The molecule has 1 unspecified atom stereocenters. The van der Waals surface area contributed by atoms with Gasteiger partial charge in [-0.25, -0.2) is 4.39 Å². The van der Waals surface area contributed by atoms with E-state index in [0.717, 1.165) is 19.4 Å². The fraction of sp³-hybridized carbons (Fsp3) is 0.312. The van der Waals surface area contributed by atoms with Crippen molar-refractivity contribution in [3.8, 4) is 0 Å². The molecule has 0 bridgehead atoms. The van der Waals surface area contributed by atoms with Gasteiger partial charge >= 0.3 is 0 Å². The van der Waals surface area contributed by atoms with E-state index in [-0.39, 0.29) is 10.9 Å². The van der Waals surface area contributed by atoms with E-state index in [0.29, 0.717) is 18.3 Å². The number of hydrogen-bond donors (Lipinski definition) is 2. The Labute approximate surface area is 137 Å². The first-order chi connectivity index (χ1) is 10.6. The van der Waals surface area contributed by atoms with E-state index in [9.17, 15) is 9.18 Å². The lowest BCUT2D eigenvalue weighted by Gasteiger charge is -2.20.